The van der Waals surface area contributed by atoms with E-state index >= 15 is 0 Å². The van der Waals surface area contributed by atoms with Crippen molar-refractivity contribution in [1.82, 2.24) is 0 Å². The SMILES string of the molecule is CCCCOc1c(OCc2ccccc2)cc2ccccc2c1-c1c(OCCCC)c2c(c3ccccc13)-c1c(c(OCCCC)c(-c3c(OCCCC)c(OCc4ccccc4)cc4ccccc34)c3ccccc13)OCCCOc1ccccc1N=Nc1ccccc1OCCCO2. The van der Waals surface area contributed by atoms with Crippen LogP contribution in [0.4, 0.5) is 11.4 Å². The second-order valence-corrected chi connectivity index (χ2v) is 25.1. The number of unbranched alkanes of at least 4 members (excludes halogenated alkanes) is 4. The molecule has 0 aromatic heterocycles. The van der Waals surface area contributed by atoms with Gasteiger partial charge in [-0.05, 0) is 116 Å². The predicted octanol–water partition coefficient (Wildman–Crippen LogP) is 23.6. The Balaban J connectivity index is 1.14. The van der Waals surface area contributed by atoms with Crippen molar-refractivity contribution in [1.29, 1.82) is 0 Å². The van der Waals surface area contributed by atoms with Gasteiger partial charge in [-0.3, -0.25) is 0 Å². The van der Waals surface area contributed by atoms with Crippen molar-refractivity contribution in [3.63, 3.8) is 0 Å². The van der Waals surface area contributed by atoms with Crippen LogP contribution in [-0.4, -0.2) is 52.9 Å². The second kappa shape index (κ2) is 33.7. The van der Waals surface area contributed by atoms with Gasteiger partial charge in [0.2, 0.25) is 0 Å². The van der Waals surface area contributed by atoms with Crippen molar-refractivity contribution >= 4 is 54.5 Å². The first-order valence-electron chi connectivity index (χ1n) is 35.8. The average molecular weight is 1330 g/mol. The molecule has 12 aromatic carbocycles. The van der Waals surface area contributed by atoms with E-state index in [9.17, 15) is 0 Å². The van der Waals surface area contributed by atoms with Crippen molar-refractivity contribution in [2.75, 3.05) is 52.9 Å². The summed E-state index contributed by atoms with van der Waals surface area (Å²) in [4.78, 5) is 0. The molecule has 12 aromatic rings. The molecule has 100 heavy (non-hydrogen) atoms. The molecule has 1 aliphatic heterocycles. The molecule has 0 aliphatic carbocycles. The molecule has 0 unspecified atom stereocenters. The molecular weight excluding hydrogens is 1240 g/mol. The Morgan fingerprint density at radius 3 is 1.00 bits per heavy atom. The maximum absolute atomic E-state index is 7.71. The van der Waals surface area contributed by atoms with Crippen molar-refractivity contribution in [3.8, 4) is 90.9 Å². The summed E-state index contributed by atoms with van der Waals surface area (Å²) in [5, 5.41) is 17.0. The maximum atomic E-state index is 7.71. The van der Waals surface area contributed by atoms with Gasteiger partial charge in [0, 0.05) is 46.2 Å². The van der Waals surface area contributed by atoms with Crippen molar-refractivity contribution < 1.29 is 47.4 Å². The third kappa shape index (κ3) is 15.3. The summed E-state index contributed by atoms with van der Waals surface area (Å²) in [5.74, 6) is 5.86. The van der Waals surface area contributed by atoms with E-state index < -0.39 is 0 Å². The van der Waals surface area contributed by atoms with Gasteiger partial charge in [0.05, 0.1) is 52.9 Å². The third-order valence-corrected chi connectivity index (χ3v) is 18.0. The number of fused-ring (bicyclic) bond motifs is 11. The van der Waals surface area contributed by atoms with Crippen molar-refractivity contribution in [2.45, 2.75) is 105 Å². The smallest absolute Gasteiger partial charge is 0.170 e. The lowest BCUT2D eigenvalue weighted by atomic mass is 9.83. The molecule has 0 fully saturated rings. The van der Waals surface area contributed by atoms with Gasteiger partial charge in [0.25, 0.3) is 0 Å². The molecule has 12 nitrogen and oxygen atoms in total. The Kier molecular flexibility index (Phi) is 22.9. The lowest BCUT2D eigenvalue weighted by molar-refractivity contribution is 0.231. The first-order chi connectivity index (χ1) is 49.5. The van der Waals surface area contributed by atoms with E-state index in [0.29, 0.717) is 135 Å². The number of rotatable bonds is 24. The number of ether oxygens (including phenoxy) is 10. The lowest BCUT2D eigenvalue weighted by Gasteiger charge is -2.29. The molecule has 0 saturated carbocycles. The zero-order valence-corrected chi connectivity index (χ0v) is 57.9. The monoisotopic (exact) mass is 1330 g/mol. The van der Waals surface area contributed by atoms with Crippen molar-refractivity contribution in [2.24, 2.45) is 10.2 Å². The van der Waals surface area contributed by atoms with Gasteiger partial charge in [-0.25, -0.2) is 0 Å². The largest absolute Gasteiger partial charge is 0.491 e. The fourth-order valence-electron chi connectivity index (χ4n) is 12.9. The highest BCUT2D eigenvalue weighted by Gasteiger charge is 2.35. The highest BCUT2D eigenvalue weighted by Crippen LogP contribution is 2.62. The number of hydrogen-bond donors (Lipinski definition) is 0. The summed E-state index contributed by atoms with van der Waals surface area (Å²) in [7, 11) is 0. The summed E-state index contributed by atoms with van der Waals surface area (Å²) in [5.41, 5.74) is 8.11. The molecule has 1 aliphatic rings. The number of para-hydroxylation sites is 2. The van der Waals surface area contributed by atoms with Crippen LogP contribution in [0.5, 0.6) is 57.5 Å². The number of nitrogens with zero attached hydrogens (tertiary/aromatic N) is 2. The summed E-state index contributed by atoms with van der Waals surface area (Å²) in [6, 6.07) is 74.5. The standard InChI is InChI=1S/C88H88N2O10/c1-5-9-49-93-83-75(99-59-61-33-15-13-16-34-61)57-63-37-19-21-39-65(63)77(83)79-67-41-23-25-43-69(67)81-82-70-44-26-24-42-68(70)80(78-66-40-22-20-38-64(66)58-76(84(78)94-50-10-6-2)100-60-62-35-17-14-18-36-62)86(96-52-12-8-4)88(82)98-56-32-54-92-74-48-30-28-46-72(74)90-89-71-45-27-29-47-73(71)91-53-31-55-97-87(81)85(79)95-51-11-7-3/h13-30,33-48,57-58H,5-12,31-32,49-56,59-60H2,1-4H3. The quantitative estimate of drug-likeness (QED) is 0.0541. The zero-order valence-electron chi connectivity index (χ0n) is 57.9. The lowest BCUT2D eigenvalue weighted by Crippen LogP contribution is -2.12. The van der Waals surface area contributed by atoms with Crippen LogP contribution in [0, 0.1) is 0 Å². The summed E-state index contributed by atoms with van der Waals surface area (Å²) in [6.45, 7) is 12.1. The van der Waals surface area contributed by atoms with E-state index in [0.717, 1.165) is 139 Å². The molecule has 0 N–H and O–H groups in total. The van der Waals surface area contributed by atoms with Crippen LogP contribution in [0.2, 0.25) is 0 Å². The average Bonchev–Trinajstić information content (AvgIpc) is 0.706. The molecule has 0 radical (unpaired) electrons. The maximum Gasteiger partial charge on any atom is 0.170 e. The summed E-state index contributed by atoms with van der Waals surface area (Å²) in [6.07, 6.45) is 7.78. The van der Waals surface area contributed by atoms with Crippen LogP contribution >= 0.6 is 0 Å². The Labute approximate surface area is 587 Å². The second-order valence-electron chi connectivity index (χ2n) is 25.1. The predicted molar refractivity (Wildman–Crippen MR) is 404 cm³/mol. The van der Waals surface area contributed by atoms with E-state index in [-0.39, 0.29) is 13.2 Å². The molecule has 510 valence electrons. The fourth-order valence-corrected chi connectivity index (χ4v) is 12.9. The summed E-state index contributed by atoms with van der Waals surface area (Å²) < 4.78 is 72.4. The van der Waals surface area contributed by atoms with Crippen LogP contribution in [0.3, 0.4) is 0 Å². The normalized spacial score (nSPS) is 12.6. The van der Waals surface area contributed by atoms with E-state index in [1.54, 1.807) is 0 Å². The fraction of sp³-hybridized carbons (Fsp3) is 0.273. The molecular formula is C88H88N2O10. The van der Waals surface area contributed by atoms with Crippen LogP contribution in [-0.2, 0) is 13.2 Å². The molecule has 12 heteroatoms. The molecule has 0 amide bonds. The summed E-state index contributed by atoms with van der Waals surface area (Å²) >= 11 is 0. The zero-order chi connectivity index (χ0) is 68.2. The molecule has 13 rings (SSSR count). The van der Waals surface area contributed by atoms with Crippen LogP contribution in [0.1, 0.15) is 103 Å². The van der Waals surface area contributed by atoms with E-state index in [1.165, 1.54) is 0 Å². The Hall–Kier alpha value is -10.7. The number of azo groups is 1. The number of hydrogen-bond acceptors (Lipinski definition) is 12. The van der Waals surface area contributed by atoms with Crippen molar-refractivity contribution in [3.05, 3.63) is 230 Å². The van der Waals surface area contributed by atoms with Gasteiger partial charge in [0.15, 0.2) is 46.0 Å². The van der Waals surface area contributed by atoms with Gasteiger partial charge in [-0.15, -0.1) is 10.2 Å². The van der Waals surface area contributed by atoms with Gasteiger partial charge < -0.3 is 47.4 Å². The van der Waals surface area contributed by atoms with Crippen LogP contribution in [0.25, 0.3) is 76.5 Å². The molecule has 0 saturated heterocycles. The van der Waals surface area contributed by atoms with Gasteiger partial charge in [-0.1, -0.05) is 235 Å². The minimum atomic E-state index is 0.219. The Morgan fingerprint density at radius 1 is 0.300 bits per heavy atom. The highest BCUT2D eigenvalue weighted by atomic mass is 16.5. The highest BCUT2D eigenvalue weighted by molar-refractivity contribution is 6.22. The number of benzene rings is 12. The third-order valence-electron chi connectivity index (χ3n) is 18.0. The topological polar surface area (TPSA) is 117 Å². The molecule has 1 heterocycles. The van der Waals surface area contributed by atoms with Gasteiger partial charge in [-0.2, -0.15) is 0 Å². The first kappa shape index (κ1) is 67.8. The Bertz CT molecular complexity index is 4470. The van der Waals surface area contributed by atoms with Gasteiger partial charge in [0.1, 0.15) is 36.1 Å². The van der Waals surface area contributed by atoms with Gasteiger partial charge >= 0.3 is 0 Å². The van der Waals surface area contributed by atoms with E-state index in [1.807, 2.05) is 84.9 Å². The van der Waals surface area contributed by atoms with E-state index in [4.69, 9.17) is 57.6 Å². The minimum Gasteiger partial charge on any atom is -0.491 e. The Morgan fingerprint density at radius 2 is 0.610 bits per heavy atom. The molecule has 0 bridgehead atoms. The first-order valence-corrected chi connectivity index (χ1v) is 35.8. The van der Waals surface area contributed by atoms with Crippen LogP contribution in [0.15, 0.2) is 229 Å². The van der Waals surface area contributed by atoms with E-state index in [2.05, 4.69) is 161 Å². The molecule has 0 spiro atoms. The molecule has 0 atom stereocenters. The van der Waals surface area contributed by atoms with Crippen LogP contribution < -0.4 is 47.4 Å². The minimum absolute atomic E-state index is 0.219.